The molecule has 0 bridgehead atoms. The van der Waals surface area contributed by atoms with E-state index in [1.807, 2.05) is 0 Å². The van der Waals surface area contributed by atoms with Crippen LogP contribution in [0.3, 0.4) is 0 Å². The number of hydrogen-bond donors (Lipinski definition) is 1. The van der Waals surface area contributed by atoms with Gasteiger partial charge >= 0.3 is 0 Å². The summed E-state index contributed by atoms with van der Waals surface area (Å²) in [5.41, 5.74) is 0. The Labute approximate surface area is 118 Å². The van der Waals surface area contributed by atoms with Crippen molar-refractivity contribution < 1.29 is 4.79 Å². The Bertz CT molecular complexity index is 268. The number of nitrogens with zero attached hydrogens (tertiary/aromatic N) is 1. The van der Waals surface area contributed by atoms with Gasteiger partial charge in [0.25, 0.3) is 0 Å². The summed E-state index contributed by atoms with van der Waals surface area (Å²) < 4.78 is 0. The van der Waals surface area contributed by atoms with E-state index in [0.29, 0.717) is 24.3 Å². The van der Waals surface area contributed by atoms with E-state index < -0.39 is 0 Å². The fourth-order valence-electron chi connectivity index (χ4n) is 3.60. The van der Waals surface area contributed by atoms with Crippen LogP contribution in [0.15, 0.2) is 0 Å². The summed E-state index contributed by atoms with van der Waals surface area (Å²) in [6, 6.07) is 0.633. The zero-order valence-electron chi connectivity index (χ0n) is 12.5. The van der Waals surface area contributed by atoms with E-state index in [1.165, 1.54) is 32.1 Å². The first-order chi connectivity index (χ1) is 9.31. The Hall–Kier alpha value is -0.410. The van der Waals surface area contributed by atoms with Crippen molar-refractivity contribution in [1.29, 1.82) is 0 Å². The van der Waals surface area contributed by atoms with Gasteiger partial charge in [0.1, 0.15) is 5.78 Å². The molecular weight excluding hydrogens is 236 g/mol. The van der Waals surface area contributed by atoms with Crippen LogP contribution in [0, 0.1) is 5.92 Å². The molecule has 1 aliphatic heterocycles. The monoisotopic (exact) mass is 266 g/mol. The lowest BCUT2D eigenvalue weighted by Gasteiger charge is -2.35. The first-order valence-corrected chi connectivity index (χ1v) is 8.28. The summed E-state index contributed by atoms with van der Waals surface area (Å²) >= 11 is 0. The molecule has 0 aromatic heterocycles. The van der Waals surface area contributed by atoms with Crippen LogP contribution < -0.4 is 5.32 Å². The molecule has 3 nitrogen and oxygen atoms in total. The highest BCUT2D eigenvalue weighted by Gasteiger charge is 2.26. The average Bonchev–Trinajstić information content (AvgIpc) is 2.48. The minimum atomic E-state index is 0.370. The van der Waals surface area contributed by atoms with Gasteiger partial charge in [0, 0.05) is 12.0 Å². The molecule has 1 saturated carbocycles. The van der Waals surface area contributed by atoms with Crippen LogP contribution in [0.5, 0.6) is 0 Å². The van der Waals surface area contributed by atoms with Crippen molar-refractivity contribution in [3.05, 3.63) is 0 Å². The number of piperidine rings is 1. The van der Waals surface area contributed by atoms with E-state index in [9.17, 15) is 4.79 Å². The van der Waals surface area contributed by atoms with Crippen molar-refractivity contribution in [2.24, 2.45) is 5.92 Å². The van der Waals surface area contributed by atoms with Crippen molar-refractivity contribution in [3.63, 3.8) is 0 Å². The number of carbonyl (C=O) groups excluding carboxylic acids is 1. The van der Waals surface area contributed by atoms with Gasteiger partial charge in [-0.05, 0) is 51.7 Å². The predicted molar refractivity (Wildman–Crippen MR) is 79.3 cm³/mol. The summed E-state index contributed by atoms with van der Waals surface area (Å²) in [4.78, 5) is 14.9. The van der Waals surface area contributed by atoms with Crippen molar-refractivity contribution in [1.82, 2.24) is 10.2 Å². The predicted octanol–water partition coefficient (Wildman–Crippen LogP) is 2.60. The van der Waals surface area contributed by atoms with Gasteiger partial charge in [0.2, 0.25) is 0 Å². The molecule has 19 heavy (non-hydrogen) atoms. The maximum atomic E-state index is 12.5. The van der Waals surface area contributed by atoms with Crippen LogP contribution in [0.4, 0.5) is 0 Å². The highest BCUT2D eigenvalue weighted by molar-refractivity contribution is 5.83. The fraction of sp³-hybridized carbons (Fsp3) is 0.938. The van der Waals surface area contributed by atoms with Crippen LogP contribution in [0.25, 0.3) is 0 Å². The lowest BCUT2D eigenvalue weighted by Crippen LogP contribution is -2.46. The topological polar surface area (TPSA) is 32.3 Å². The third kappa shape index (κ3) is 4.57. The third-order valence-electron chi connectivity index (χ3n) is 4.76. The van der Waals surface area contributed by atoms with Crippen molar-refractivity contribution >= 4 is 5.78 Å². The normalized spacial score (nSPS) is 22.8. The Kier molecular flexibility index (Phi) is 6.32. The summed E-state index contributed by atoms with van der Waals surface area (Å²) in [5.74, 6) is 0.890. The number of carbonyl (C=O) groups is 1. The Balaban J connectivity index is 1.85. The van der Waals surface area contributed by atoms with Crippen LogP contribution >= 0.6 is 0 Å². The highest BCUT2D eigenvalue weighted by Crippen LogP contribution is 2.25. The van der Waals surface area contributed by atoms with E-state index in [1.54, 1.807) is 0 Å². The molecule has 0 radical (unpaired) electrons. The molecule has 2 fully saturated rings. The summed E-state index contributed by atoms with van der Waals surface area (Å²) in [6.45, 7) is 6.25. The van der Waals surface area contributed by atoms with Crippen molar-refractivity contribution in [2.45, 2.75) is 64.3 Å². The molecule has 0 amide bonds. The molecule has 1 N–H and O–H groups in total. The molecule has 0 atom stereocenters. The maximum absolute atomic E-state index is 12.5. The number of hydrogen-bond acceptors (Lipinski definition) is 3. The Morgan fingerprint density at radius 1 is 1.11 bits per heavy atom. The molecule has 0 spiro atoms. The zero-order chi connectivity index (χ0) is 13.5. The maximum Gasteiger partial charge on any atom is 0.149 e. The van der Waals surface area contributed by atoms with Crippen molar-refractivity contribution in [2.75, 3.05) is 26.2 Å². The van der Waals surface area contributed by atoms with Gasteiger partial charge in [-0.3, -0.25) is 9.69 Å². The second-order valence-electron chi connectivity index (χ2n) is 6.25. The fourth-order valence-corrected chi connectivity index (χ4v) is 3.60. The largest absolute Gasteiger partial charge is 0.317 e. The number of rotatable bonds is 6. The molecule has 0 aromatic rings. The molecule has 110 valence electrons. The van der Waals surface area contributed by atoms with Gasteiger partial charge in [-0.1, -0.05) is 26.2 Å². The highest BCUT2D eigenvalue weighted by atomic mass is 16.1. The quantitative estimate of drug-likeness (QED) is 0.802. The van der Waals surface area contributed by atoms with Crippen LogP contribution in [-0.4, -0.2) is 42.9 Å². The first-order valence-electron chi connectivity index (χ1n) is 8.28. The van der Waals surface area contributed by atoms with Gasteiger partial charge in [-0.15, -0.1) is 0 Å². The standard InChI is InChI=1S/C16H30N2O/c1-2-12-18(15-8-10-17-11-9-15)13-16(19)14-6-4-3-5-7-14/h14-15,17H,2-13H2,1H3. The third-order valence-corrected chi connectivity index (χ3v) is 4.76. The number of nitrogens with one attached hydrogen (secondary N) is 1. The molecule has 3 heteroatoms. The molecule has 1 heterocycles. The van der Waals surface area contributed by atoms with Gasteiger partial charge in [0.15, 0.2) is 0 Å². The second-order valence-corrected chi connectivity index (χ2v) is 6.25. The van der Waals surface area contributed by atoms with Crippen LogP contribution in [-0.2, 0) is 4.79 Å². The van der Waals surface area contributed by atoms with E-state index in [2.05, 4.69) is 17.1 Å². The van der Waals surface area contributed by atoms with E-state index in [0.717, 1.165) is 38.9 Å². The number of ketones is 1. The Morgan fingerprint density at radius 2 is 1.79 bits per heavy atom. The average molecular weight is 266 g/mol. The molecule has 1 aliphatic carbocycles. The van der Waals surface area contributed by atoms with Gasteiger partial charge in [-0.2, -0.15) is 0 Å². The summed E-state index contributed by atoms with van der Waals surface area (Å²) in [5, 5.41) is 3.42. The number of Topliss-reactive ketones (excluding diaryl/α,β-unsaturated/α-hetero) is 1. The molecule has 0 unspecified atom stereocenters. The van der Waals surface area contributed by atoms with Crippen LogP contribution in [0.1, 0.15) is 58.3 Å². The van der Waals surface area contributed by atoms with E-state index in [-0.39, 0.29) is 0 Å². The summed E-state index contributed by atoms with van der Waals surface area (Å²) in [6.07, 6.45) is 9.71. The minimum Gasteiger partial charge on any atom is -0.317 e. The summed E-state index contributed by atoms with van der Waals surface area (Å²) in [7, 11) is 0. The zero-order valence-corrected chi connectivity index (χ0v) is 12.5. The minimum absolute atomic E-state index is 0.370. The van der Waals surface area contributed by atoms with Crippen LogP contribution in [0.2, 0.25) is 0 Å². The van der Waals surface area contributed by atoms with Gasteiger partial charge in [-0.25, -0.2) is 0 Å². The lowest BCUT2D eigenvalue weighted by molar-refractivity contribution is -0.125. The van der Waals surface area contributed by atoms with E-state index in [4.69, 9.17) is 0 Å². The Morgan fingerprint density at radius 3 is 2.42 bits per heavy atom. The molecule has 0 aromatic carbocycles. The molecule has 2 rings (SSSR count). The SMILES string of the molecule is CCCN(CC(=O)C1CCCCC1)C1CCNCC1. The van der Waals surface area contributed by atoms with Gasteiger partial charge in [0.05, 0.1) is 6.54 Å². The molecule has 1 saturated heterocycles. The first kappa shape index (κ1) is 15.0. The molecular formula is C16H30N2O. The molecule has 2 aliphatic rings. The van der Waals surface area contributed by atoms with E-state index >= 15 is 0 Å². The van der Waals surface area contributed by atoms with Gasteiger partial charge < -0.3 is 5.32 Å². The smallest absolute Gasteiger partial charge is 0.149 e. The second kappa shape index (κ2) is 8.01. The lowest BCUT2D eigenvalue weighted by atomic mass is 9.86. The van der Waals surface area contributed by atoms with Crippen molar-refractivity contribution in [3.8, 4) is 0 Å².